The molecule has 0 fully saturated rings. The Kier molecular flexibility index (Phi) is 8.08. The monoisotopic (exact) mass is 409 g/mol. The van der Waals surface area contributed by atoms with Gasteiger partial charge in [-0.1, -0.05) is 55.5 Å². The SMILES string of the molecule is C[C@@H](CC#N)[C@@H](NC(=O)[C@H](O)[C@@H](NC(=O)c1ccccc1)c1ccccc1)C(=O)O. The van der Waals surface area contributed by atoms with E-state index in [1.165, 1.54) is 6.92 Å². The van der Waals surface area contributed by atoms with Crippen molar-refractivity contribution in [3.63, 3.8) is 0 Å². The van der Waals surface area contributed by atoms with Gasteiger partial charge in [0.25, 0.3) is 11.8 Å². The number of carbonyl (C=O) groups is 3. The van der Waals surface area contributed by atoms with Crippen molar-refractivity contribution in [1.82, 2.24) is 10.6 Å². The Balaban J connectivity index is 2.24. The van der Waals surface area contributed by atoms with E-state index in [2.05, 4.69) is 10.6 Å². The fraction of sp³-hybridized carbons (Fsp3) is 0.273. The number of aliphatic carboxylic acids is 1. The maximum absolute atomic E-state index is 12.6. The topological polar surface area (TPSA) is 140 Å². The maximum Gasteiger partial charge on any atom is 0.326 e. The third-order valence-electron chi connectivity index (χ3n) is 4.61. The zero-order chi connectivity index (χ0) is 22.1. The maximum atomic E-state index is 12.6. The number of hydrogen-bond acceptors (Lipinski definition) is 5. The van der Waals surface area contributed by atoms with Gasteiger partial charge in [0.2, 0.25) is 0 Å². The number of aliphatic hydroxyl groups excluding tert-OH is 1. The predicted molar refractivity (Wildman–Crippen MR) is 108 cm³/mol. The Morgan fingerprint density at radius 3 is 2.10 bits per heavy atom. The van der Waals surface area contributed by atoms with Crippen LogP contribution in [0.5, 0.6) is 0 Å². The Morgan fingerprint density at radius 2 is 1.57 bits per heavy atom. The molecule has 8 heteroatoms. The average molecular weight is 409 g/mol. The van der Waals surface area contributed by atoms with Crippen LogP contribution in [0.3, 0.4) is 0 Å². The molecule has 0 aliphatic rings. The molecule has 0 saturated carbocycles. The second-order valence-electron chi connectivity index (χ2n) is 6.84. The van der Waals surface area contributed by atoms with Gasteiger partial charge in [0.15, 0.2) is 6.10 Å². The van der Waals surface area contributed by atoms with Crippen LogP contribution in [-0.2, 0) is 9.59 Å². The number of carbonyl (C=O) groups excluding carboxylic acids is 2. The molecule has 0 saturated heterocycles. The molecule has 156 valence electrons. The molecule has 0 aliphatic carbocycles. The first-order chi connectivity index (χ1) is 14.3. The highest BCUT2D eigenvalue weighted by Crippen LogP contribution is 2.19. The lowest BCUT2D eigenvalue weighted by atomic mass is 9.96. The summed E-state index contributed by atoms with van der Waals surface area (Å²) >= 11 is 0. The molecule has 2 aromatic rings. The highest BCUT2D eigenvalue weighted by Gasteiger charge is 2.34. The van der Waals surface area contributed by atoms with E-state index in [-0.39, 0.29) is 6.42 Å². The number of nitrogens with zero attached hydrogens (tertiary/aromatic N) is 1. The van der Waals surface area contributed by atoms with Crippen molar-refractivity contribution in [2.75, 3.05) is 0 Å². The summed E-state index contributed by atoms with van der Waals surface area (Å²) in [6, 6.07) is 16.1. The normalized spacial score (nSPS) is 14.4. The van der Waals surface area contributed by atoms with Crippen LogP contribution in [0.1, 0.15) is 35.3 Å². The minimum absolute atomic E-state index is 0.0831. The molecule has 2 rings (SSSR count). The first-order valence-electron chi connectivity index (χ1n) is 9.34. The fourth-order valence-electron chi connectivity index (χ4n) is 2.92. The summed E-state index contributed by atoms with van der Waals surface area (Å²) in [6.45, 7) is 1.51. The Morgan fingerprint density at radius 1 is 1.00 bits per heavy atom. The van der Waals surface area contributed by atoms with Gasteiger partial charge in [-0.15, -0.1) is 0 Å². The van der Waals surface area contributed by atoms with Gasteiger partial charge >= 0.3 is 5.97 Å². The predicted octanol–water partition coefficient (Wildman–Crippen LogP) is 1.64. The van der Waals surface area contributed by atoms with E-state index in [1.807, 2.05) is 6.07 Å². The molecule has 0 heterocycles. The highest BCUT2D eigenvalue weighted by molar-refractivity contribution is 5.95. The summed E-state index contributed by atoms with van der Waals surface area (Å²) in [4.78, 5) is 36.7. The molecular formula is C22H23N3O5. The number of amides is 2. The Labute approximate surface area is 174 Å². The molecule has 0 radical (unpaired) electrons. The molecule has 30 heavy (non-hydrogen) atoms. The van der Waals surface area contributed by atoms with Crippen molar-refractivity contribution < 1.29 is 24.6 Å². The quantitative estimate of drug-likeness (QED) is 0.496. The lowest BCUT2D eigenvalue weighted by molar-refractivity contribution is -0.145. The molecule has 0 unspecified atom stereocenters. The number of hydrogen-bond donors (Lipinski definition) is 4. The van der Waals surface area contributed by atoms with E-state index in [0.29, 0.717) is 11.1 Å². The molecular weight excluding hydrogens is 386 g/mol. The Bertz CT molecular complexity index is 911. The number of rotatable bonds is 9. The fourth-order valence-corrected chi connectivity index (χ4v) is 2.92. The first-order valence-corrected chi connectivity index (χ1v) is 9.34. The molecule has 0 spiro atoms. The average Bonchev–Trinajstić information content (AvgIpc) is 2.76. The van der Waals surface area contributed by atoms with Crippen LogP contribution in [0.25, 0.3) is 0 Å². The second-order valence-corrected chi connectivity index (χ2v) is 6.84. The van der Waals surface area contributed by atoms with Gasteiger partial charge < -0.3 is 20.8 Å². The molecule has 0 aliphatic heterocycles. The molecule has 8 nitrogen and oxygen atoms in total. The summed E-state index contributed by atoms with van der Waals surface area (Å²) < 4.78 is 0. The standard InChI is InChI=1S/C22H23N3O5/c1-14(12-13-23)17(22(29)30)24-21(28)19(26)18(15-8-4-2-5-9-15)25-20(27)16-10-6-3-7-11-16/h2-11,14,17-19,26H,12H2,1H3,(H,24,28)(H,25,27)(H,29,30)/t14-,17+,18-,19+/m0/s1. The first kappa shape index (κ1) is 22.6. The van der Waals surface area contributed by atoms with E-state index >= 15 is 0 Å². The van der Waals surface area contributed by atoms with Gasteiger partial charge in [-0.25, -0.2) is 4.79 Å². The minimum Gasteiger partial charge on any atom is -0.480 e. The van der Waals surface area contributed by atoms with Gasteiger partial charge in [0, 0.05) is 17.9 Å². The summed E-state index contributed by atoms with van der Waals surface area (Å²) in [7, 11) is 0. The van der Waals surface area contributed by atoms with E-state index in [9.17, 15) is 24.6 Å². The lowest BCUT2D eigenvalue weighted by Crippen LogP contribution is -2.52. The molecule has 2 aromatic carbocycles. The van der Waals surface area contributed by atoms with Crippen molar-refractivity contribution in [3.8, 4) is 6.07 Å². The smallest absolute Gasteiger partial charge is 0.326 e. The molecule has 2 amide bonds. The van der Waals surface area contributed by atoms with Crippen LogP contribution in [0, 0.1) is 17.2 Å². The van der Waals surface area contributed by atoms with Crippen molar-refractivity contribution in [2.45, 2.75) is 31.5 Å². The molecule has 0 aromatic heterocycles. The molecule has 0 bridgehead atoms. The number of carboxylic acids is 1. The van der Waals surface area contributed by atoms with Crippen molar-refractivity contribution in [3.05, 3.63) is 71.8 Å². The summed E-state index contributed by atoms with van der Waals surface area (Å²) in [5, 5.41) is 33.8. The van der Waals surface area contributed by atoms with E-state index in [1.54, 1.807) is 60.7 Å². The van der Waals surface area contributed by atoms with Crippen molar-refractivity contribution in [1.29, 1.82) is 5.26 Å². The van der Waals surface area contributed by atoms with Gasteiger partial charge in [0.1, 0.15) is 6.04 Å². The number of benzene rings is 2. The summed E-state index contributed by atoms with van der Waals surface area (Å²) in [5.41, 5.74) is 0.818. The largest absolute Gasteiger partial charge is 0.480 e. The number of aliphatic hydroxyl groups is 1. The zero-order valence-electron chi connectivity index (χ0n) is 16.4. The van der Waals surface area contributed by atoms with E-state index in [0.717, 1.165) is 0 Å². The van der Waals surface area contributed by atoms with Crippen molar-refractivity contribution >= 4 is 17.8 Å². The van der Waals surface area contributed by atoms with Gasteiger partial charge in [-0.05, 0) is 17.7 Å². The molecule has 4 atom stereocenters. The zero-order valence-corrected chi connectivity index (χ0v) is 16.4. The van der Waals surface area contributed by atoms with Crippen LogP contribution < -0.4 is 10.6 Å². The summed E-state index contributed by atoms with van der Waals surface area (Å²) in [5.74, 6) is -3.45. The number of nitrogens with one attached hydrogen (secondary N) is 2. The van der Waals surface area contributed by atoms with E-state index < -0.39 is 41.9 Å². The van der Waals surface area contributed by atoms with Crippen LogP contribution >= 0.6 is 0 Å². The highest BCUT2D eigenvalue weighted by atomic mass is 16.4. The second kappa shape index (κ2) is 10.7. The van der Waals surface area contributed by atoms with Crippen LogP contribution in [0.2, 0.25) is 0 Å². The third-order valence-corrected chi connectivity index (χ3v) is 4.61. The van der Waals surface area contributed by atoms with Crippen molar-refractivity contribution in [2.24, 2.45) is 5.92 Å². The number of carboxylic acid groups (broad SMARTS) is 1. The van der Waals surface area contributed by atoms with Crippen LogP contribution in [0.15, 0.2) is 60.7 Å². The number of nitriles is 1. The van der Waals surface area contributed by atoms with Gasteiger partial charge in [0.05, 0.1) is 12.1 Å². The van der Waals surface area contributed by atoms with E-state index in [4.69, 9.17) is 5.26 Å². The van der Waals surface area contributed by atoms with Gasteiger partial charge in [-0.3, -0.25) is 9.59 Å². The van der Waals surface area contributed by atoms with Gasteiger partial charge in [-0.2, -0.15) is 5.26 Å². The Hall–Kier alpha value is -3.70. The summed E-state index contributed by atoms with van der Waals surface area (Å²) in [6.07, 6.45) is -1.84. The van der Waals surface area contributed by atoms with Crippen LogP contribution in [0.4, 0.5) is 0 Å². The minimum atomic E-state index is -1.75. The lowest BCUT2D eigenvalue weighted by Gasteiger charge is -2.26. The third kappa shape index (κ3) is 5.90. The van der Waals surface area contributed by atoms with Crippen LogP contribution in [-0.4, -0.2) is 40.1 Å². The molecule has 4 N–H and O–H groups in total.